The van der Waals surface area contributed by atoms with E-state index in [0.29, 0.717) is 5.82 Å². The molecule has 0 spiro atoms. The first-order chi connectivity index (χ1) is 9.41. The normalized spacial score (nSPS) is 20.6. The zero-order valence-corrected chi connectivity index (χ0v) is 11.8. The van der Waals surface area contributed by atoms with Crippen LogP contribution in [-0.4, -0.2) is 9.97 Å². The summed E-state index contributed by atoms with van der Waals surface area (Å²) in [5.41, 5.74) is 22.8. The van der Waals surface area contributed by atoms with E-state index >= 15 is 0 Å². The molecule has 6 nitrogen and oxygen atoms in total. The highest BCUT2D eigenvalue weighted by Crippen LogP contribution is 2.36. The van der Waals surface area contributed by atoms with E-state index in [1.165, 1.54) is 5.56 Å². The molecule has 1 unspecified atom stereocenters. The molecule has 0 fully saturated rings. The van der Waals surface area contributed by atoms with Crippen LogP contribution in [0.3, 0.4) is 0 Å². The van der Waals surface area contributed by atoms with Crippen molar-refractivity contribution in [2.75, 3.05) is 11.2 Å². The molecule has 0 bridgehead atoms. The lowest BCUT2D eigenvalue weighted by Gasteiger charge is -2.28. The molecule has 1 aromatic carbocycles. The number of aromatic nitrogens is 2. The van der Waals surface area contributed by atoms with Crippen LogP contribution >= 0.6 is 0 Å². The fourth-order valence-electron chi connectivity index (χ4n) is 3.00. The molecule has 20 heavy (non-hydrogen) atoms. The van der Waals surface area contributed by atoms with E-state index in [-0.39, 0.29) is 5.95 Å². The molecular formula is C14H18N6. The van der Waals surface area contributed by atoms with Gasteiger partial charge in [-0.3, -0.25) is 0 Å². The third-order valence-corrected chi connectivity index (χ3v) is 3.68. The molecule has 6 heteroatoms. The van der Waals surface area contributed by atoms with E-state index < -0.39 is 5.66 Å². The van der Waals surface area contributed by atoms with Crippen LogP contribution in [-0.2, 0) is 5.66 Å². The van der Waals surface area contributed by atoms with Gasteiger partial charge in [-0.1, -0.05) is 17.7 Å². The maximum absolute atomic E-state index is 6.60. The van der Waals surface area contributed by atoms with E-state index in [9.17, 15) is 0 Å². The molecule has 0 saturated heterocycles. The van der Waals surface area contributed by atoms with Gasteiger partial charge in [0.05, 0.1) is 5.56 Å². The molecule has 1 aliphatic heterocycles. The summed E-state index contributed by atoms with van der Waals surface area (Å²) in [6.07, 6.45) is 1.67. The summed E-state index contributed by atoms with van der Waals surface area (Å²) in [6, 6.07) is 4.24. The Morgan fingerprint density at radius 3 is 2.45 bits per heavy atom. The van der Waals surface area contributed by atoms with Crippen LogP contribution in [0.15, 0.2) is 18.3 Å². The van der Waals surface area contributed by atoms with Crippen molar-refractivity contribution in [2.45, 2.75) is 26.4 Å². The van der Waals surface area contributed by atoms with Crippen LogP contribution in [0.1, 0.15) is 27.8 Å². The molecule has 0 aliphatic carbocycles. The Morgan fingerprint density at radius 2 is 1.80 bits per heavy atom. The van der Waals surface area contributed by atoms with E-state index in [1.54, 1.807) is 6.20 Å². The SMILES string of the molecule is Cc1cc(C)c(C2(N)NNc3nc(N)ncc32)c(C)c1. The van der Waals surface area contributed by atoms with Crippen molar-refractivity contribution in [3.63, 3.8) is 0 Å². The lowest BCUT2D eigenvalue weighted by Crippen LogP contribution is -2.50. The number of aryl methyl sites for hydroxylation is 3. The maximum Gasteiger partial charge on any atom is 0.221 e. The monoisotopic (exact) mass is 270 g/mol. The largest absolute Gasteiger partial charge is 0.368 e. The molecule has 2 aromatic rings. The van der Waals surface area contributed by atoms with Crippen LogP contribution in [0, 0.1) is 20.8 Å². The second kappa shape index (κ2) is 4.16. The summed E-state index contributed by atoms with van der Waals surface area (Å²) in [5.74, 6) is 0.846. The number of nitrogens with zero attached hydrogens (tertiary/aromatic N) is 2. The average Bonchev–Trinajstić information content (AvgIpc) is 2.65. The Hall–Kier alpha value is -2.18. The minimum atomic E-state index is -0.856. The topological polar surface area (TPSA) is 102 Å². The smallest absolute Gasteiger partial charge is 0.221 e. The molecule has 0 saturated carbocycles. The van der Waals surface area contributed by atoms with Gasteiger partial charge in [-0.15, -0.1) is 0 Å². The van der Waals surface area contributed by atoms with Gasteiger partial charge >= 0.3 is 0 Å². The molecule has 6 N–H and O–H groups in total. The zero-order valence-electron chi connectivity index (χ0n) is 11.8. The molecule has 0 amide bonds. The summed E-state index contributed by atoms with van der Waals surface area (Å²) < 4.78 is 0. The predicted octanol–water partition coefficient (Wildman–Crippen LogP) is 1.07. The van der Waals surface area contributed by atoms with Crippen molar-refractivity contribution >= 4 is 11.8 Å². The Bertz CT molecular complexity index is 673. The first-order valence-electron chi connectivity index (χ1n) is 6.45. The van der Waals surface area contributed by atoms with Gasteiger partial charge in [0.15, 0.2) is 5.82 Å². The number of nitrogens with two attached hydrogens (primary N) is 2. The van der Waals surface area contributed by atoms with Crippen LogP contribution < -0.4 is 22.3 Å². The predicted molar refractivity (Wildman–Crippen MR) is 78.8 cm³/mol. The van der Waals surface area contributed by atoms with Gasteiger partial charge in [0.1, 0.15) is 5.66 Å². The second-order valence-corrected chi connectivity index (χ2v) is 5.32. The zero-order chi connectivity index (χ0) is 14.5. The van der Waals surface area contributed by atoms with E-state index in [2.05, 4.69) is 53.7 Å². The molecule has 0 radical (unpaired) electrons. The fourth-order valence-corrected chi connectivity index (χ4v) is 3.00. The molecule has 1 atom stereocenters. The van der Waals surface area contributed by atoms with Gasteiger partial charge < -0.3 is 16.9 Å². The third-order valence-electron chi connectivity index (χ3n) is 3.68. The first-order valence-corrected chi connectivity index (χ1v) is 6.45. The number of benzene rings is 1. The first kappa shape index (κ1) is 12.8. The Kier molecular flexibility index (Phi) is 2.67. The lowest BCUT2D eigenvalue weighted by atomic mass is 9.87. The van der Waals surface area contributed by atoms with Crippen LogP contribution in [0.25, 0.3) is 0 Å². The van der Waals surface area contributed by atoms with Gasteiger partial charge in [-0.2, -0.15) is 4.98 Å². The number of rotatable bonds is 1. The number of hydrazine groups is 1. The van der Waals surface area contributed by atoms with Crippen molar-refractivity contribution in [3.05, 3.63) is 46.1 Å². The van der Waals surface area contributed by atoms with Crippen molar-refractivity contribution < 1.29 is 0 Å². The summed E-state index contributed by atoms with van der Waals surface area (Å²) in [6.45, 7) is 6.19. The molecule has 1 aromatic heterocycles. The molecule has 1 aliphatic rings. The molecule has 2 heterocycles. The van der Waals surface area contributed by atoms with Crippen LogP contribution in [0.5, 0.6) is 0 Å². The van der Waals surface area contributed by atoms with Gasteiger partial charge in [-0.05, 0) is 37.5 Å². The van der Waals surface area contributed by atoms with Gasteiger partial charge in [0.2, 0.25) is 5.95 Å². The Labute approximate surface area is 117 Å². The number of fused-ring (bicyclic) bond motifs is 1. The second-order valence-electron chi connectivity index (χ2n) is 5.32. The molecule has 3 rings (SSSR count). The third kappa shape index (κ3) is 1.73. The lowest BCUT2D eigenvalue weighted by molar-refractivity contribution is 0.477. The van der Waals surface area contributed by atoms with Crippen molar-refractivity contribution in [1.29, 1.82) is 0 Å². The quantitative estimate of drug-likeness (QED) is 0.618. The Morgan fingerprint density at radius 1 is 1.15 bits per heavy atom. The summed E-state index contributed by atoms with van der Waals surface area (Å²) in [4.78, 5) is 8.22. The highest BCUT2D eigenvalue weighted by Gasteiger charge is 2.40. The summed E-state index contributed by atoms with van der Waals surface area (Å²) in [7, 11) is 0. The van der Waals surface area contributed by atoms with Crippen LogP contribution in [0.4, 0.5) is 11.8 Å². The maximum atomic E-state index is 6.60. The number of hydrogen-bond acceptors (Lipinski definition) is 6. The number of anilines is 2. The summed E-state index contributed by atoms with van der Waals surface area (Å²) >= 11 is 0. The standard InChI is InChI=1S/C14H18N6/c1-7-4-8(2)11(9(3)5-7)14(16)10-6-17-13(15)18-12(10)19-20-14/h4-6,20H,16H2,1-3H3,(H3,15,17,18,19). The van der Waals surface area contributed by atoms with Gasteiger partial charge in [0.25, 0.3) is 0 Å². The van der Waals surface area contributed by atoms with Gasteiger partial charge in [-0.25, -0.2) is 10.4 Å². The minimum absolute atomic E-state index is 0.222. The van der Waals surface area contributed by atoms with Crippen molar-refractivity contribution in [2.24, 2.45) is 5.73 Å². The minimum Gasteiger partial charge on any atom is -0.368 e. The number of nitrogen functional groups attached to an aromatic ring is 1. The molecule has 104 valence electrons. The number of hydrogen-bond donors (Lipinski definition) is 4. The van der Waals surface area contributed by atoms with E-state index in [0.717, 1.165) is 22.3 Å². The number of nitrogens with one attached hydrogen (secondary N) is 2. The van der Waals surface area contributed by atoms with Crippen molar-refractivity contribution in [1.82, 2.24) is 15.4 Å². The van der Waals surface area contributed by atoms with Gasteiger partial charge in [0, 0.05) is 6.20 Å². The average molecular weight is 270 g/mol. The van der Waals surface area contributed by atoms with Crippen LogP contribution in [0.2, 0.25) is 0 Å². The summed E-state index contributed by atoms with van der Waals surface area (Å²) in [5, 5.41) is 0. The highest BCUT2D eigenvalue weighted by molar-refractivity contribution is 5.60. The molecular weight excluding hydrogens is 252 g/mol. The fraction of sp³-hybridized carbons (Fsp3) is 0.286. The Balaban J connectivity index is 2.22. The van der Waals surface area contributed by atoms with Crippen molar-refractivity contribution in [3.8, 4) is 0 Å². The van der Waals surface area contributed by atoms with E-state index in [4.69, 9.17) is 11.5 Å². The highest BCUT2D eigenvalue weighted by atomic mass is 15.5. The van der Waals surface area contributed by atoms with E-state index in [1.807, 2.05) is 0 Å².